The minimum absolute atomic E-state index is 0.0375. The van der Waals surface area contributed by atoms with Crippen molar-refractivity contribution in [2.45, 2.75) is 32.5 Å². The second-order valence-electron chi connectivity index (χ2n) is 6.49. The molecule has 3 N–H and O–H groups in total. The molecule has 1 saturated heterocycles. The van der Waals surface area contributed by atoms with Crippen LogP contribution >= 0.6 is 0 Å². The summed E-state index contributed by atoms with van der Waals surface area (Å²) in [7, 11) is 0. The van der Waals surface area contributed by atoms with Gasteiger partial charge >= 0.3 is 6.18 Å². The van der Waals surface area contributed by atoms with Crippen LogP contribution in [0.5, 0.6) is 0 Å². The highest BCUT2D eigenvalue weighted by atomic mass is 19.4. The van der Waals surface area contributed by atoms with Crippen molar-refractivity contribution >= 4 is 17.6 Å². The van der Waals surface area contributed by atoms with Gasteiger partial charge in [-0.3, -0.25) is 4.90 Å². The van der Waals surface area contributed by atoms with E-state index in [0.717, 1.165) is 11.3 Å². The second-order valence-corrected chi connectivity index (χ2v) is 6.49. The first-order chi connectivity index (χ1) is 12.3. The Morgan fingerprint density at radius 2 is 2.00 bits per heavy atom. The van der Waals surface area contributed by atoms with Gasteiger partial charge in [-0.2, -0.15) is 28.1 Å². The van der Waals surface area contributed by atoms with E-state index in [9.17, 15) is 13.2 Å². The molecule has 140 valence electrons. The SMILES string of the molecule is Cc1ccccc1Nc1nc(N)nc(CN2CCCC(C(F)(F)F)C2)n1. The van der Waals surface area contributed by atoms with E-state index in [4.69, 9.17) is 5.73 Å². The zero-order valence-corrected chi connectivity index (χ0v) is 14.4. The molecule has 1 aliphatic heterocycles. The molecule has 0 saturated carbocycles. The molecule has 1 atom stereocenters. The molecule has 26 heavy (non-hydrogen) atoms. The van der Waals surface area contributed by atoms with E-state index in [0.29, 0.717) is 18.8 Å². The number of anilines is 3. The summed E-state index contributed by atoms with van der Waals surface area (Å²) in [6, 6.07) is 7.62. The fourth-order valence-electron chi connectivity index (χ4n) is 3.06. The fourth-order valence-corrected chi connectivity index (χ4v) is 3.06. The van der Waals surface area contributed by atoms with E-state index in [1.165, 1.54) is 0 Å². The van der Waals surface area contributed by atoms with Crippen molar-refractivity contribution in [3.8, 4) is 0 Å². The van der Waals surface area contributed by atoms with Crippen molar-refractivity contribution in [2.24, 2.45) is 5.92 Å². The van der Waals surface area contributed by atoms with Gasteiger partial charge in [-0.25, -0.2) is 0 Å². The molecular weight excluding hydrogens is 345 g/mol. The van der Waals surface area contributed by atoms with Gasteiger partial charge in [0.25, 0.3) is 0 Å². The number of halogens is 3. The Bertz CT molecular complexity index is 764. The number of likely N-dealkylation sites (tertiary alicyclic amines) is 1. The normalized spacial score (nSPS) is 18.7. The molecule has 0 bridgehead atoms. The highest BCUT2D eigenvalue weighted by Gasteiger charge is 2.41. The number of nitrogen functional groups attached to an aromatic ring is 1. The summed E-state index contributed by atoms with van der Waals surface area (Å²) in [5.41, 5.74) is 7.60. The van der Waals surface area contributed by atoms with Crippen LogP contribution in [0.2, 0.25) is 0 Å². The first-order valence-corrected chi connectivity index (χ1v) is 8.43. The minimum atomic E-state index is -4.17. The predicted octanol–water partition coefficient (Wildman–Crippen LogP) is 3.28. The number of piperidine rings is 1. The molecule has 9 heteroatoms. The predicted molar refractivity (Wildman–Crippen MR) is 92.8 cm³/mol. The molecule has 1 aromatic carbocycles. The molecule has 0 amide bonds. The Hall–Kier alpha value is -2.42. The van der Waals surface area contributed by atoms with Crippen LogP contribution in [-0.2, 0) is 6.54 Å². The molecule has 1 aromatic heterocycles. The van der Waals surface area contributed by atoms with Crippen molar-refractivity contribution in [2.75, 3.05) is 24.1 Å². The number of hydrogen-bond acceptors (Lipinski definition) is 6. The van der Waals surface area contributed by atoms with E-state index in [-0.39, 0.29) is 31.4 Å². The Kier molecular flexibility index (Phi) is 5.26. The largest absolute Gasteiger partial charge is 0.393 e. The third-order valence-corrected chi connectivity index (χ3v) is 4.42. The van der Waals surface area contributed by atoms with Gasteiger partial charge in [0.1, 0.15) is 5.82 Å². The Morgan fingerprint density at radius 3 is 2.73 bits per heavy atom. The smallest absolute Gasteiger partial charge is 0.368 e. The number of hydrogen-bond donors (Lipinski definition) is 2. The van der Waals surface area contributed by atoms with Crippen LogP contribution in [0.4, 0.5) is 30.8 Å². The van der Waals surface area contributed by atoms with Crippen molar-refractivity contribution in [1.82, 2.24) is 19.9 Å². The van der Waals surface area contributed by atoms with Crippen LogP contribution in [0.3, 0.4) is 0 Å². The summed E-state index contributed by atoms with van der Waals surface area (Å²) in [4.78, 5) is 14.2. The lowest BCUT2D eigenvalue weighted by molar-refractivity contribution is -0.187. The summed E-state index contributed by atoms with van der Waals surface area (Å²) < 4.78 is 38.9. The number of rotatable bonds is 4. The van der Waals surface area contributed by atoms with Crippen molar-refractivity contribution < 1.29 is 13.2 Å². The van der Waals surface area contributed by atoms with E-state index in [1.54, 1.807) is 4.90 Å². The van der Waals surface area contributed by atoms with Gasteiger partial charge < -0.3 is 11.1 Å². The highest BCUT2D eigenvalue weighted by molar-refractivity contribution is 5.58. The molecule has 0 spiro atoms. The zero-order valence-electron chi connectivity index (χ0n) is 14.4. The summed E-state index contributed by atoms with van der Waals surface area (Å²) in [5, 5.41) is 3.08. The zero-order chi connectivity index (χ0) is 18.7. The molecule has 0 aliphatic carbocycles. The lowest BCUT2D eigenvalue weighted by atomic mass is 9.97. The third-order valence-electron chi connectivity index (χ3n) is 4.42. The number of nitrogens with zero attached hydrogens (tertiary/aromatic N) is 4. The van der Waals surface area contributed by atoms with Crippen LogP contribution in [0.25, 0.3) is 0 Å². The standard InChI is InChI=1S/C17H21F3N6/c1-11-5-2-3-7-13(11)22-16-24-14(23-15(21)25-16)10-26-8-4-6-12(9-26)17(18,19)20/h2-3,5,7,12H,4,6,8-10H2,1H3,(H3,21,22,23,24,25). The summed E-state index contributed by atoms with van der Waals surface area (Å²) >= 11 is 0. The quantitative estimate of drug-likeness (QED) is 0.864. The van der Waals surface area contributed by atoms with E-state index in [1.807, 2.05) is 31.2 Å². The summed E-state index contributed by atoms with van der Waals surface area (Å²) in [6.07, 6.45) is -3.51. The van der Waals surface area contributed by atoms with E-state index >= 15 is 0 Å². The lowest BCUT2D eigenvalue weighted by Crippen LogP contribution is -2.41. The van der Waals surface area contributed by atoms with Gasteiger partial charge in [-0.05, 0) is 37.9 Å². The number of aryl methyl sites for hydroxylation is 1. The molecule has 0 radical (unpaired) electrons. The van der Waals surface area contributed by atoms with Crippen LogP contribution in [0, 0.1) is 12.8 Å². The lowest BCUT2D eigenvalue weighted by Gasteiger charge is -2.33. The Morgan fingerprint density at radius 1 is 1.23 bits per heavy atom. The topological polar surface area (TPSA) is 80.0 Å². The van der Waals surface area contributed by atoms with Crippen LogP contribution in [0.15, 0.2) is 24.3 Å². The van der Waals surface area contributed by atoms with Crippen LogP contribution in [0.1, 0.15) is 24.2 Å². The average Bonchev–Trinajstić information content (AvgIpc) is 2.56. The van der Waals surface area contributed by atoms with E-state index in [2.05, 4.69) is 20.3 Å². The van der Waals surface area contributed by atoms with Crippen LogP contribution < -0.4 is 11.1 Å². The number of alkyl halides is 3. The molecule has 3 rings (SSSR count). The maximum atomic E-state index is 13.0. The first-order valence-electron chi connectivity index (χ1n) is 8.43. The number of nitrogens with one attached hydrogen (secondary N) is 1. The van der Waals surface area contributed by atoms with Gasteiger partial charge in [-0.15, -0.1) is 0 Å². The highest BCUT2D eigenvalue weighted by Crippen LogP contribution is 2.33. The van der Waals surface area contributed by atoms with Gasteiger partial charge in [0.15, 0.2) is 0 Å². The molecule has 2 heterocycles. The van der Waals surface area contributed by atoms with Gasteiger partial charge in [-0.1, -0.05) is 18.2 Å². The molecule has 1 aliphatic rings. The minimum Gasteiger partial charge on any atom is -0.368 e. The van der Waals surface area contributed by atoms with E-state index < -0.39 is 12.1 Å². The Balaban J connectivity index is 1.72. The fraction of sp³-hybridized carbons (Fsp3) is 0.471. The monoisotopic (exact) mass is 366 g/mol. The van der Waals surface area contributed by atoms with Crippen LogP contribution in [-0.4, -0.2) is 39.1 Å². The van der Waals surface area contributed by atoms with Gasteiger partial charge in [0.2, 0.25) is 11.9 Å². The second kappa shape index (κ2) is 7.45. The molecule has 1 unspecified atom stereocenters. The summed E-state index contributed by atoms with van der Waals surface area (Å²) in [6.45, 7) is 2.69. The molecule has 1 fully saturated rings. The number of benzene rings is 1. The maximum absolute atomic E-state index is 13.0. The number of para-hydroxylation sites is 1. The average molecular weight is 366 g/mol. The first kappa shape index (κ1) is 18.4. The van der Waals surface area contributed by atoms with Crippen molar-refractivity contribution in [3.63, 3.8) is 0 Å². The third kappa shape index (κ3) is 4.60. The molecule has 2 aromatic rings. The van der Waals surface area contributed by atoms with Crippen molar-refractivity contribution in [1.29, 1.82) is 0 Å². The summed E-state index contributed by atoms with van der Waals surface area (Å²) in [5.74, 6) is -0.627. The molecule has 6 nitrogen and oxygen atoms in total. The van der Waals surface area contributed by atoms with Crippen molar-refractivity contribution in [3.05, 3.63) is 35.7 Å². The molecular formula is C17H21F3N6. The number of nitrogens with two attached hydrogens (primary N) is 1. The maximum Gasteiger partial charge on any atom is 0.393 e. The Labute approximate surface area is 149 Å². The number of aromatic nitrogens is 3. The van der Waals surface area contributed by atoms with Gasteiger partial charge in [0.05, 0.1) is 12.5 Å². The van der Waals surface area contributed by atoms with Gasteiger partial charge in [0, 0.05) is 12.2 Å².